The first-order valence-corrected chi connectivity index (χ1v) is 5.19. The fourth-order valence-corrected chi connectivity index (χ4v) is 1.77. The minimum absolute atomic E-state index is 0.0318. The zero-order chi connectivity index (χ0) is 11.7. The third-order valence-corrected chi connectivity index (χ3v) is 2.71. The number of hydrogen-bond acceptors (Lipinski definition) is 5. The number of nitrogens with two attached hydrogens (primary N) is 1. The Morgan fingerprint density at radius 1 is 1.50 bits per heavy atom. The van der Waals surface area contributed by atoms with Crippen molar-refractivity contribution in [3.05, 3.63) is 22.8 Å². The lowest BCUT2D eigenvalue weighted by atomic mass is 10.1. The number of aromatic hydroxyl groups is 1. The van der Waals surface area contributed by atoms with Gasteiger partial charge in [0, 0.05) is 5.56 Å². The van der Waals surface area contributed by atoms with Gasteiger partial charge in [0.2, 0.25) is 0 Å². The molecule has 1 aromatic heterocycles. The van der Waals surface area contributed by atoms with Crippen LogP contribution in [0.3, 0.4) is 0 Å². The van der Waals surface area contributed by atoms with Gasteiger partial charge in [-0.1, -0.05) is 5.16 Å². The highest BCUT2D eigenvalue weighted by Gasteiger charge is 2.14. The Labute approximate surface area is 99.9 Å². The van der Waals surface area contributed by atoms with Gasteiger partial charge >= 0.3 is 0 Å². The van der Waals surface area contributed by atoms with Crippen molar-refractivity contribution in [1.29, 1.82) is 0 Å². The summed E-state index contributed by atoms with van der Waals surface area (Å²) in [6.45, 7) is 0. The van der Waals surface area contributed by atoms with Crippen molar-refractivity contribution in [3.8, 4) is 22.8 Å². The zero-order valence-corrected chi connectivity index (χ0v) is 9.98. The number of phenolic OH excluding ortho intramolecular Hbond substituents is 1. The molecule has 5 nitrogen and oxygen atoms in total. The second kappa shape index (κ2) is 4.05. The van der Waals surface area contributed by atoms with Crippen molar-refractivity contribution >= 4 is 21.6 Å². The minimum atomic E-state index is 0.0318. The van der Waals surface area contributed by atoms with Crippen molar-refractivity contribution in [1.82, 2.24) is 5.16 Å². The van der Waals surface area contributed by atoms with Crippen LogP contribution in [0.25, 0.3) is 11.3 Å². The van der Waals surface area contributed by atoms with Crippen LogP contribution in [0.1, 0.15) is 0 Å². The van der Waals surface area contributed by atoms with Gasteiger partial charge in [0.05, 0.1) is 17.8 Å². The molecule has 0 bridgehead atoms. The molecule has 0 aliphatic rings. The maximum Gasteiger partial charge on any atom is 0.189 e. The van der Waals surface area contributed by atoms with Crippen LogP contribution in [0.15, 0.2) is 27.3 Å². The summed E-state index contributed by atoms with van der Waals surface area (Å²) in [5.41, 5.74) is 6.78. The van der Waals surface area contributed by atoms with Crippen LogP contribution >= 0.6 is 15.9 Å². The normalized spacial score (nSPS) is 10.4. The second-order valence-corrected chi connectivity index (χ2v) is 3.97. The van der Waals surface area contributed by atoms with E-state index in [2.05, 4.69) is 21.1 Å². The molecule has 0 aliphatic carbocycles. The summed E-state index contributed by atoms with van der Waals surface area (Å²) in [7, 11) is 1.47. The van der Waals surface area contributed by atoms with E-state index in [0.717, 1.165) is 0 Å². The molecule has 0 amide bonds. The number of ether oxygens (including phenoxy) is 1. The highest BCUT2D eigenvalue weighted by atomic mass is 79.9. The number of rotatable bonds is 2. The van der Waals surface area contributed by atoms with Gasteiger partial charge in [-0.3, -0.25) is 0 Å². The van der Waals surface area contributed by atoms with E-state index in [1.807, 2.05) is 0 Å². The van der Waals surface area contributed by atoms with Crippen molar-refractivity contribution in [2.75, 3.05) is 12.8 Å². The van der Waals surface area contributed by atoms with Crippen LogP contribution in [0.5, 0.6) is 11.5 Å². The Kier molecular flexibility index (Phi) is 2.74. The summed E-state index contributed by atoms with van der Waals surface area (Å²) in [6.07, 6.45) is 1.42. The molecule has 0 fully saturated rings. The number of hydrogen-bond donors (Lipinski definition) is 2. The van der Waals surface area contributed by atoms with Gasteiger partial charge in [-0.05, 0) is 28.1 Å². The summed E-state index contributed by atoms with van der Waals surface area (Å²) < 4.78 is 10.5. The van der Waals surface area contributed by atoms with Gasteiger partial charge in [0.25, 0.3) is 0 Å². The number of anilines is 1. The summed E-state index contributed by atoms with van der Waals surface area (Å²) in [5.74, 6) is 0.809. The number of nitrogen functional groups attached to an aromatic ring is 1. The Hall–Kier alpha value is -1.69. The van der Waals surface area contributed by atoms with E-state index in [4.69, 9.17) is 15.0 Å². The van der Waals surface area contributed by atoms with Crippen molar-refractivity contribution in [3.63, 3.8) is 0 Å². The Morgan fingerprint density at radius 2 is 2.25 bits per heavy atom. The van der Waals surface area contributed by atoms with Crippen molar-refractivity contribution in [2.45, 2.75) is 0 Å². The molecule has 1 heterocycles. The van der Waals surface area contributed by atoms with Crippen LogP contribution in [0.4, 0.5) is 5.69 Å². The first-order chi connectivity index (χ1) is 7.63. The van der Waals surface area contributed by atoms with Crippen LogP contribution in [-0.4, -0.2) is 17.4 Å². The molecule has 0 radical (unpaired) electrons. The largest absolute Gasteiger partial charge is 0.503 e. The molecular formula is C10H9BrN2O3. The summed E-state index contributed by atoms with van der Waals surface area (Å²) in [6, 6.07) is 3.30. The summed E-state index contributed by atoms with van der Waals surface area (Å²) >= 11 is 3.21. The van der Waals surface area contributed by atoms with E-state index in [9.17, 15) is 5.11 Å². The standard InChI is InChI=1S/C10H9BrN2O3/c1-15-8-3-5(2-6(11)9(8)14)10-7(12)4-13-16-10/h2-4,14H,12H2,1H3. The molecule has 0 atom stereocenters. The molecule has 0 aliphatic heterocycles. The average molecular weight is 285 g/mol. The van der Waals surface area contributed by atoms with Gasteiger partial charge in [-0.2, -0.15) is 0 Å². The van der Waals surface area contributed by atoms with Gasteiger partial charge in [0.15, 0.2) is 17.3 Å². The number of methoxy groups -OCH3 is 1. The highest BCUT2D eigenvalue weighted by Crippen LogP contribution is 2.39. The third-order valence-electron chi connectivity index (χ3n) is 2.11. The van der Waals surface area contributed by atoms with Crippen molar-refractivity contribution < 1.29 is 14.4 Å². The van der Waals surface area contributed by atoms with Crippen LogP contribution in [0.2, 0.25) is 0 Å². The minimum Gasteiger partial charge on any atom is -0.503 e. The Morgan fingerprint density at radius 3 is 2.81 bits per heavy atom. The van der Waals surface area contributed by atoms with Gasteiger partial charge in [0.1, 0.15) is 5.69 Å². The molecule has 0 saturated heterocycles. The molecule has 2 rings (SSSR count). The fraction of sp³-hybridized carbons (Fsp3) is 0.100. The van der Waals surface area contributed by atoms with Gasteiger partial charge < -0.3 is 20.1 Å². The number of nitrogens with zero attached hydrogens (tertiary/aromatic N) is 1. The molecule has 2 aromatic rings. The number of halogens is 1. The zero-order valence-electron chi connectivity index (χ0n) is 8.40. The Balaban J connectivity index is 2.59. The molecular weight excluding hydrogens is 276 g/mol. The first-order valence-electron chi connectivity index (χ1n) is 4.40. The quantitative estimate of drug-likeness (QED) is 0.885. The van der Waals surface area contributed by atoms with Crippen LogP contribution in [0, 0.1) is 0 Å². The summed E-state index contributed by atoms with van der Waals surface area (Å²) in [5, 5.41) is 13.2. The molecule has 1 aromatic carbocycles. The SMILES string of the molecule is COc1cc(-c2oncc2N)cc(Br)c1O. The first kappa shape index (κ1) is 10.8. The van der Waals surface area contributed by atoms with E-state index >= 15 is 0 Å². The Bertz CT molecular complexity index is 525. The number of benzene rings is 1. The maximum absolute atomic E-state index is 9.64. The third kappa shape index (κ3) is 1.71. The highest BCUT2D eigenvalue weighted by molar-refractivity contribution is 9.10. The molecule has 3 N–H and O–H groups in total. The lowest BCUT2D eigenvalue weighted by Crippen LogP contribution is -1.88. The van der Waals surface area contributed by atoms with Crippen LogP contribution in [-0.2, 0) is 0 Å². The predicted molar refractivity (Wildman–Crippen MR) is 62.3 cm³/mol. The second-order valence-electron chi connectivity index (χ2n) is 3.12. The topological polar surface area (TPSA) is 81.5 Å². The predicted octanol–water partition coefficient (Wildman–Crippen LogP) is 2.40. The van der Waals surface area contributed by atoms with Gasteiger partial charge in [-0.15, -0.1) is 0 Å². The average Bonchev–Trinajstić information content (AvgIpc) is 2.68. The van der Waals surface area contributed by atoms with E-state index in [-0.39, 0.29) is 5.75 Å². The van der Waals surface area contributed by atoms with Crippen molar-refractivity contribution in [2.24, 2.45) is 0 Å². The van der Waals surface area contributed by atoms with Crippen LogP contribution < -0.4 is 10.5 Å². The van der Waals surface area contributed by atoms with Gasteiger partial charge in [-0.25, -0.2) is 0 Å². The summed E-state index contributed by atoms with van der Waals surface area (Å²) in [4.78, 5) is 0. The molecule has 16 heavy (non-hydrogen) atoms. The molecule has 84 valence electrons. The van der Waals surface area contributed by atoms with E-state index in [0.29, 0.717) is 27.2 Å². The molecule has 0 spiro atoms. The smallest absolute Gasteiger partial charge is 0.189 e. The van der Waals surface area contributed by atoms with E-state index in [1.165, 1.54) is 13.3 Å². The lowest BCUT2D eigenvalue weighted by Gasteiger charge is -2.07. The fourth-order valence-electron chi connectivity index (χ4n) is 1.33. The molecule has 0 saturated carbocycles. The monoisotopic (exact) mass is 284 g/mol. The number of phenols is 1. The lowest BCUT2D eigenvalue weighted by molar-refractivity contribution is 0.371. The van der Waals surface area contributed by atoms with E-state index < -0.39 is 0 Å². The van der Waals surface area contributed by atoms with E-state index in [1.54, 1.807) is 12.1 Å². The number of aromatic nitrogens is 1. The molecule has 6 heteroatoms. The molecule has 0 unspecified atom stereocenters. The maximum atomic E-state index is 9.64.